The molecule has 0 saturated carbocycles. The number of benzene rings is 2. The normalized spacial score (nSPS) is 16.9. The maximum absolute atomic E-state index is 13.0. The minimum atomic E-state index is -0.270. The van der Waals surface area contributed by atoms with Crippen LogP contribution in [0.4, 0.5) is 4.39 Å². The first-order chi connectivity index (χ1) is 13.6. The van der Waals surface area contributed by atoms with Gasteiger partial charge in [-0.05, 0) is 43.0 Å². The summed E-state index contributed by atoms with van der Waals surface area (Å²) in [6.07, 6.45) is 2.56. The van der Waals surface area contributed by atoms with Gasteiger partial charge in [0.1, 0.15) is 5.82 Å². The molecule has 1 aromatic heterocycles. The molecule has 0 N–H and O–H groups in total. The zero-order valence-electron chi connectivity index (χ0n) is 15.9. The van der Waals surface area contributed by atoms with Gasteiger partial charge < -0.3 is 9.42 Å². The largest absolute Gasteiger partial charge is 0.351 e. The van der Waals surface area contributed by atoms with Crippen LogP contribution in [0, 0.1) is 12.7 Å². The van der Waals surface area contributed by atoms with Crippen LogP contribution in [-0.4, -0.2) is 29.1 Å². The third-order valence-corrected chi connectivity index (χ3v) is 5.29. The molecule has 1 amide bonds. The highest BCUT2D eigenvalue weighted by Crippen LogP contribution is 2.28. The first-order valence-electron chi connectivity index (χ1n) is 9.64. The van der Waals surface area contributed by atoms with Crippen molar-refractivity contribution in [1.82, 2.24) is 10.1 Å². The van der Waals surface area contributed by atoms with E-state index in [1.165, 1.54) is 23.3 Å². The summed E-state index contributed by atoms with van der Waals surface area (Å²) >= 11 is 0. The molecule has 3 aromatic rings. The van der Waals surface area contributed by atoms with Crippen molar-refractivity contribution in [1.29, 1.82) is 0 Å². The summed E-state index contributed by atoms with van der Waals surface area (Å²) in [5.74, 6) is 0.226. The van der Waals surface area contributed by atoms with E-state index in [9.17, 15) is 9.18 Å². The number of nitrogens with zero attached hydrogens (tertiary/aromatic N) is 2. The van der Waals surface area contributed by atoms with Crippen LogP contribution >= 0.6 is 0 Å². The van der Waals surface area contributed by atoms with Gasteiger partial charge in [-0.25, -0.2) is 4.39 Å². The Bertz CT molecular complexity index is 965. The van der Waals surface area contributed by atoms with E-state index in [2.05, 4.69) is 36.3 Å². The topological polar surface area (TPSA) is 46.3 Å². The van der Waals surface area contributed by atoms with Gasteiger partial charge in [0.25, 0.3) is 5.91 Å². The van der Waals surface area contributed by atoms with E-state index < -0.39 is 0 Å². The molecule has 4 nitrogen and oxygen atoms in total. The Morgan fingerprint density at radius 3 is 2.82 bits per heavy atom. The highest BCUT2D eigenvalue weighted by Gasteiger charge is 2.27. The number of carbonyl (C=O) groups excluding carboxylic acids is 1. The Morgan fingerprint density at radius 1 is 1.21 bits per heavy atom. The van der Waals surface area contributed by atoms with Crippen molar-refractivity contribution >= 4 is 5.91 Å². The van der Waals surface area contributed by atoms with Crippen molar-refractivity contribution in [2.24, 2.45) is 0 Å². The second-order valence-corrected chi connectivity index (χ2v) is 7.49. The van der Waals surface area contributed by atoms with Crippen LogP contribution in [0.5, 0.6) is 0 Å². The Hall–Kier alpha value is -2.95. The molecule has 0 bridgehead atoms. The maximum atomic E-state index is 13.0. The van der Waals surface area contributed by atoms with Crippen LogP contribution in [0.15, 0.2) is 59.1 Å². The van der Waals surface area contributed by atoms with Crippen molar-refractivity contribution < 1.29 is 13.7 Å². The lowest BCUT2D eigenvalue weighted by molar-refractivity contribution is 0.0665. The number of hydrogen-bond acceptors (Lipinski definition) is 3. The van der Waals surface area contributed by atoms with Crippen molar-refractivity contribution in [3.63, 3.8) is 0 Å². The second-order valence-electron chi connectivity index (χ2n) is 7.49. The van der Waals surface area contributed by atoms with Crippen LogP contribution in [0.2, 0.25) is 0 Å². The molecule has 0 radical (unpaired) electrons. The summed E-state index contributed by atoms with van der Waals surface area (Å²) < 4.78 is 18.4. The predicted octanol–water partition coefficient (Wildman–Crippen LogP) is 4.73. The molecule has 1 unspecified atom stereocenters. The smallest absolute Gasteiger partial charge is 0.292 e. The van der Waals surface area contributed by atoms with E-state index in [1.807, 2.05) is 4.90 Å². The summed E-state index contributed by atoms with van der Waals surface area (Å²) in [6, 6.07) is 16.5. The number of halogens is 1. The van der Waals surface area contributed by atoms with E-state index >= 15 is 0 Å². The second kappa shape index (κ2) is 7.97. The van der Waals surface area contributed by atoms with Crippen molar-refractivity contribution in [2.75, 3.05) is 13.1 Å². The van der Waals surface area contributed by atoms with Crippen molar-refractivity contribution in [2.45, 2.75) is 32.1 Å². The summed E-state index contributed by atoms with van der Waals surface area (Å²) in [5.41, 5.74) is 4.11. The zero-order chi connectivity index (χ0) is 19.5. The van der Waals surface area contributed by atoms with Crippen LogP contribution in [0.1, 0.15) is 51.7 Å². The third-order valence-electron chi connectivity index (χ3n) is 5.29. The molecule has 2 heterocycles. The van der Waals surface area contributed by atoms with E-state index in [4.69, 9.17) is 4.52 Å². The molecule has 5 heteroatoms. The molecular weight excluding hydrogens is 355 g/mol. The van der Waals surface area contributed by atoms with Crippen LogP contribution < -0.4 is 0 Å². The fraction of sp³-hybridized carbons (Fsp3) is 0.304. The van der Waals surface area contributed by atoms with Gasteiger partial charge in [0.05, 0.1) is 5.69 Å². The van der Waals surface area contributed by atoms with E-state index in [1.54, 1.807) is 18.2 Å². The van der Waals surface area contributed by atoms with Gasteiger partial charge in [-0.15, -0.1) is 0 Å². The number of aryl methyl sites for hydroxylation is 1. The summed E-state index contributed by atoms with van der Waals surface area (Å²) in [4.78, 5) is 14.8. The lowest BCUT2D eigenvalue weighted by Crippen LogP contribution is -2.39. The van der Waals surface area contributed by atoms with Gasteiger partial charge in [0.15, 0.2) is 0 Å². The number of rotatable bonds is 4. The van der Waals surface area contributed by atoms with E-state index in [-0.39, 0.29) is 17.5 Å². The average molecular weight is 378 g/mol. The van der Waals surface area contributed by atoms with Gasteiger partial charge in [-0.2, -0.15) is 0 Å². The number of hydrogen-bond donors (Lipinski definition) is 0. The van der Waals surface area contributed by atoms with Crippen LogP contribution in [-0.2, 0) is 6.42 Å². The minimum absolute atomic E-state index is 0.116. The molecule has 1 atom stereocenters. The number of piperidine rings is 1. The average Bonchev–Trinajstić information content (AvgIpc) is 3.18. The molecule has 2 aromatic carbocycles. The molecule has 0 spiro atoms. The third kappa shape index (κ3) is 4.14. The first kappa shape index (κ1) is 18.4. The lowest BCUT2D eigenvalue weighted by Gasteiger charge is -2.32. The molecule has 0 aliphatic carbocycles. The molecule has 4 rings (SSSR count). The SMILES string of the molecule is Cc1cccc(C2CCCN(C(=O)c3cc(Cc4ccc(F)cc4)no3)C2)c1. The fourth-order valence-corrected chi connectivity index (χ4v) is 3.82. The number of likely N-dealkylation sites (tertiary alicyclic amines) is 1. The summed E-state index contributed by atoms with van der Waals surface area (Å²) in [5, 5.41) is 4.02. The molecule has 144 valence electrons. The van der Waals surface area contributed by atoms with Gasteiger partial charge in [0, 0.05) is 31.5 Å². The minimum Gasteiger partial charge on any atom is -0.351 e. The molecule has 1 aliphatic rings. The van der Waals surface area contributed by atoms with Gasteiger partial charge in [-0.3, -0.25) is 4.79 Å². The molecular formula is C23H23FN2O2. The van der Waals surface area contributed by atoms with Gasteiger partial charge in [-0.1, -0.05) is 47.1 Å². The predicted molar refractivity (Wildman–Crippen MR) is 105 cm³/mol. The molecule has 28 heavy (non-hydrogen) atoms. The van der Waals surface area contributed by atoms with Crippen LogP contribution in [0.25, 0.3) is 0 Å². The molecule has 1 fully saturated rings. The standard InChI is InChI=1S/C23H23FN2O2/c1-16-4-2-5-18(12-16)19-6-3-11-26(15-19)23(27)22-14-21(25-28-22)13-17-7-9-20(24)10-8-17/h2,4-5,7-10,12,14,19H,3,6,11,13,15H2,1H3. The quantitative estimate of drug-likeness (QED) is 0.659. The van der Waals surface area contributed by atoms with Crippen LogP contribution in [0.3, 0.4) is 0 Å². The number of aromatic nitrogens is 1. The summed E-state index contributed by atoms with van der Waals surface area (Å²) in [6.45, 7) is 3.51. The first-order valence-corrected chi connectivity index (χ1v) is 9.64. The lowest BCUT2D eigenvalue weighted by atomic mass is 9.89. The number of carbonyl (C=O) groups is 1. The zero-order valence-corrected chi connectivity index (χ0v) is 15.9. The Labute approximate surface area is 164 Å². The van der Waals surface area contributed by atoms with Crippen molar-refractivity contribution in [3.05, 3.63) is 88.6 Å². The molecule has 1 aliphatic heterocycles. The maximum Gasteiger partial charge on any atom is 0.292 e. The van der Waals surface area contributed by atoms with Gasteiger partial charge in [0.2, 0.25) is 5.76 Å². The Balaban J connectivity index is 1.44. The highest BCUT2D eigenvalue weighted by molar-refractivity contribution is 5.91. The fourth-order valence-electron chi connectivity index (χ4n) is 3.82. The molecule has 1 saturated heterocycles. The highest BCUT2D eigenvalue weighted by atomic mass is 19.1. The summed E-state index contributed by atoms with van der Waals surface area (Å²) in [7, 11) is 0. The Morgan fingerprint density at radius 2 is 2.04 bits per heavy atom. The monoisotopic (exact) mass is 378 g/mol. The Kier molecular flexibility index (Phi) is 5.24. The van der Waals surface area contributed by atoms with E-state index in [0.29, 0.717) is 24.6 Å². The number of amides is 1. The van der Waals surface area contributed by atoms with Gasteiger partial charge >= 0.3 is 0 Å². The van der Waals surface area contributed by atoms with E-state index in [0.717, 1.165) is 24.9 Å². The van der Waals surface area contributed by atoms with Crippen molar-refractivity contribution in [3.8, 4) is 0 Å².